The van der Waals surface area contributed by atoms with Crippen LogP contribution in [0.3, 0.4) is 0 Å². The van der Waals surface area contributed by atoms with E-state index in [1.54, 1.807) is 6.07 Å². The van der Waals surface area contributed by atoms with E-state index in [4.69, 9.17) is 5.73 Å². The molecule has 0 spiro atoms. The van der Waals surface area contributed by atoms with Gasteiger partial charge in [-0.3, -0.25) is 0 Å². The van der Waals surface area contributed by atoms with E-state index in [1.165, 1.54) is 17.7 Å². The van der Waals surface area contributed by atoms with Crippen LogP contribution in [0.5, 0.6) is 0 Å². The summed E-state index contributed by atoms with van der Waals surface area (Å²) in [6.07, 6.45) is 0. The van der Waals surface area contributed by atoms with Crippen molar-refractivity contribution in [2.45, 2.75) is 19.5 Å². The van der Waals surface area contributed by atoms with Crippen LogP contribution >= 0.6 is 15.9 Å². The van der Waals surface area contributed by atoms with Gasteiger partial charge in [0.1, 0.15) is 5.82 Å². The van der Waals surface area contributed by atoms with Crippen LogP contribution in [0, 0.1) is 5.82 Å². The molecule has 0 aromatic heterocycles. The number of anilines is 1. The molecule has 0 aliphatic heterocycles. The monoisotopic (exact) mass is 336 g/mol. The lowest BCUT2D eigenvalue weighted by Crippen LogP contribution is -2.20. The van der Waals surface area contributed by atoms with Crippen LogP contribution < -0.4 is 10.6 Å². The summed E-state index contributed by atoms with van der Waals surface area (Å²) in [7, 11) is 1.99. The Morgan fingerprint density at radius 2 is 2.00 bits per heavy atom. The predicted octanol–water partition coefficient (Wildman–Crippen LogP) is 4.24. The van der Waals surface area contributed by atoms with Crippen LogP contribution in [-0.4, -0.2) is 7.05 Å². The molecular weight excluding hydrogens is 319 g/mol. The standard InChI is InChI=1S/C16H18BrFN2/c1-11(19)15-9-14(18)6-7-16(15)20(2)10-12-4-3-5-13(17)8-12/h3-9,11H,10,19H2,1-2H3. The molecule has 0 saturated heterocycles. The Balaban J connectivity index is 2.27. The van der Waals surface area contributed by atoms with Gasteiger partial charge in [-0.05, 0) is 48.4 Å². The molecular formula is C16H18BrFN2. The van der Waals surface area contributed by atoms with Gasteiger partial charge in [0, 0.05) is 29.8 Å². The van der Waals surface area contributed by atoms with Crippen molar-refractivity contribution in [3.63, 3.8) is 0 Å². The first-order chi connectivity index (χ1) is 9.47. The van der Waals surface area contributed by atoms with E-state index in [9.17, 15) is 4.39 Å². The van der Waals surface area contributed by atoms with Gasteiger partial charge >= 0.3 is 0 Å². The topological polar surface area (TPSA) is 29.3 Å². The van der Waals surface area contributed by atoms with E-state index in [-0.39, 0.29) is 11.9 Å². The number of hydrogen-bond donors (Lipinski definition) is 1. The number of rotatable bonds is 4. The molecule has 0 aliphatic rings. The molecule has 1 atom stereocenters. The van der Waals surface area contributed by atoms with Crippen molar-refractivity contribution < 1.29 is 4.39 Å². The van der Waals surface area contributed by atoms with Crippen molar-refractivity contribution in [1.82, 2.24) is 0 Å². The molecule has 2 nitrogen and oxygen atoms in total. The van der Waals surface area contributed by atoms with Gasteiger partial charge in [-0.1, -0.05) is 28.1 Å². The molecule has 0 bridgehead atoms. The lowest BCUT2D eigenvalue weighted by molar-refractivity contribution is 0.622. The number of hydrogen-bond acceptors (Lipinski definition) is 2. The molecule has 0 heterocycles. The Bertz CT molecular complexity index is 599. The smallest absolute Gasteiger partial charge is 0.123 e. The Kier molecular flexibility index (Phi) is 4.78. The summed E-state index contributed by atoms with van der Waals surface area (Å²) in [5, 5.41) is 0. The molecule has 2 N–H and O–H groups in total. The van der Waals surface area contributed by atoms with Crippen LogP contribution in [0.2, 0.25) is 0 Å². The van der Waals surface area contributed by atoms with Crippen LogP contribution in [0.15, 0.2) is 46.9 Å². The largest absolute Gasteiger partial charge is 0.370 e. The van der Waals surface area contributed by atoms with Gasteiger partial charge in [0.05, 0.1) is 0 Å². The van der Waals surface area contributed by atoms with Crippen molar-refractivity contribution >= 4 is 21.6 Å². The molecule has 0 fully saturated rings. The molecule has 0 amide bonds. The summed E-state index contributed by atoms with van der Waals surface area (Å²) >= 11 is 3.47. The minimum Gasteiger partial charge on any atom is -0.370 e. The fourth-order valence-electron chi connectivity index (χ4n) is 2.23. The minimum absolute atomic E-state index is 0.203. The van der Waals surface area contributed by atoms with Gasteiger partial charge in [-0.25, -0.2) is 4.39 Å². The van der Waals surface area contributed by atoms with Gasteiger partial charge in [0.25, 0.3) is 0 Å². The van der Waals surface area contributed by atoms with Crippen molar-refractivity contribution in [3.8, 4) is 0 Å². The van der Waals surface area contributed by atoms with Crippen molar-refractivity contribution in [3.05, 3.63) is 63.9 Å². The van der Waals surface area contributed by atoms with Crippen LogP contribution in [-0.2, 0) is 6.54 Å². The molecule has 2 aromatic carbocycles. The summed E-state index contributed by atoms with van der Waals surface area (Å²) in [5.74, 6) is -0.253. The number of nitrogens with zero attached hydrogens (tertiary/aromatic N) is 1. The van der Waals surface area contributed by atoms with Crippen molar-refractivity contribution in [2.75, 3.05) is 11.9 Å². The Labute approximate surface area is 127 Å². The second-order valence-corrected chi connectivity index (χ2v) is 5.89. The second kappa shape index (κ2) is 6.37. The highest BCUT2D eigenvalue weighted by Crippen LogP contribution is 2.27. The van der Waals surface area contributed by atoms with E-state index < -0.39 is 0 Å². The number of halogens is 2. The zero-order chi connectivity index (χ0) is 14.7. The summed E-state index contributed by atoms with van der Waals surface area (Å²) in [6.45, 7) is 2.61. The first-order valence-electron chi connectivity index (χ1n) is 6.48. The molecule has 2 rings (SSSR count). The van der Waals surface area contributed by atoms with E-state index in [0.717, 1.165) is 22.3 Å². The molecule has 0 radical (unpaired) electrons. The molecule has 106 valence electrons. The molecule has 0 aliphatic carbocycles. The summed E-state index contributed by atoms with van der Waals surface area (Å²) in [6, 6.07) is 12.7. The Morgan fingerprint density at radius 3 is 2.65 bits per heavy atom. The highest BCUT2D eigenvalue weighted by Gasteiger charge is 2.12. The summed E-state index contributed by atoms with van der Waals surface area (Å²) in [4.78, 5) is 2.08. The minimum atomic E-state index is -0.253. The van der Waals surface area contributed by atoms with E-state index >= 15 is 0 Å². The highest BCUT2D eigenvalue weighted by atomic mass is 79.9. The molecule has 0 saturated carbocycles. The van der Waals surface area contributed by atoms with E-state index in [1.807, 2.05) is 26.1 Å². The first-order valence-corrected chi connectivity index (χ1v) is 7.27. The zero-order valence-corrected chi connectivity index (χ0v) is 13.2. The first kappa shape index (κ1) is 15.0. The number of nitrogens with two attached hydrogens (primary N) is 1. The Hall–Kier alpha value is -1.39. The third kappa shape index (κ3) is 3.58. The Morgan fingerprint density at radius 1 is 1.25 bits per heavy atom. The second-order valence-electron chi connectivity index (χ2n) is 4.98. The lowest BCUT2D eigenvalue weighted by Gasteiger charge is -2.24. The van der Waals surface area contributed by atoms with Crippen LogP contribution in [0.1, 0.15) is 24.1 Å². The van der Waals surface area contributed by atoms with Gasteiger partial charge in [-0.15, -0.1) is 0 Å². The quantitative estimate of drug-likeness (QED) is 0.904. The van der Waals surface area contributed by atoms with Gasteiger partial charge < -0.3 is 10.6 Å². The highest BCUT2D eigenvalue weighted by molar-refractivity contribution is 9.10. The van der Waals surface area contributed by atoms with Crippen LogP contribution in [0.4, 0.5) is 10.1 Å². The van der Waals surface area contributed by atoms with Crippen LogP contribution in [0.25, 0.3) is 0 Å². The zero-order valence-electron chi connectivity index (χ0n) is 11.6. The maximum atomic E-state index is 13.4. The summed E-state index contributed by atoms with van der Waals surface area (Å²) in [5.41, 5.74) is 8.90. The third-order valence-electron chi connectivity index (χ3n) is 3.20. The fraction of sp³-hybridized carbons (Fsp3) is 0.250. The lowest BCUT2D eigenvalue weighted by atomic mass is 10.1. The van der Waals surface area contributed by atoms with E-state index in [0.29, 0.717) is 0 Å². The average Bonchev–Trinajstić information content (AvgIpc) is 2.38. The van der Waals surface area contributed by atoms with Crippen molar-refractivity contribution in [1.29, 1.82) is 0 Å². The molecule has 4 heteroatoms. The normalized spacial score (nSPS) is 12.2. The number of benzene rings is 2. The molecule has 1 unspecified atom stereocenters. The molecule has 20 heavy (non-hydrogen) atoms. The maximum absolute atomic E-state index is 13.4. The van der Waals surface area contributed by atoms with Crippen molar-refractivity contribution in [2.24, 2.45) is 5.73 Å². The maximum Gasteiger partial charge on any atom is 0.123 e. The summed E-state index contributed by atoms with van der Waals surface area (Å²) < 4.78 is 14.4. The van der Waals surface area contributed by atoms with E-state index in [2.05, 4.69) is 33.0 Å². The average molecular weight is 337 g/mol. The van der Waals surface area contributed by atoms with Gasteiger partial charge in [0.15, 0.2) is 0 Å². The SMILES string of the molecule is CC(N)c1cc(F)ccc1N(C)Cc1cccc(Br)c1. The van der Waals surface area contributed by atoms with Gasteiger partial charge in [0.2, 0.25) is 0 Å². The predicted molar refractivity (Wildman–Crippen MR) is 85.3 cm³/mol. The fourth-order valence-corrected chi connectivity index (χ4v) is 2.68. The third-order valence-corrected chi connectivity index (χ3v) is 3.69. The van der Waals surface area contributed by atoms with Gasteiger partial charge in [-0.2, -0.15) is 0 Å². The molecule has 2 aromatic rings.